The van der Waals surface area contributed by atoms with Crippen LogP contribution in [0, 0.1) is 6.92 Å². The van der Waals surface area contributed by atoms with Gasteiger partial charge in [-0.2, -0.15) is 0 Å². The Morgan fingerprint density at radius 3 is 2.76 bits per heavy atom. The van der Waals surface area contributed by atoms with Gasteiger partial charge >= 0.3 is 5.97 Å². The molecule has 10 heteroatoms. The number of aryl methyl sites for hydroxylation is 2. The van der Waals surface area contributed by atoms with Crippen molar-refractivity contribution in [2.75, 3.05) is 18.2 Å². The number of carbonyl (C=O) groups excluding carboxylic acids is 2. The van der Waals surface area contributed by atoms with Crippen LogP contribution >= 0.6 is 34.4 Å². The topological polar surface area (TPSA) is 86.1 Å². The Balaban J connectivity index is 1.50. The third-order valence-electron chi connectivity index (χ3n) is 5.66. The minimum Gasteiger partial charge on any atom is -0.465 e. The van der Waals surface area contributed by atoms with Gasteiger partial charge in [-0.05, 0) is 44.2 Å². The zero-order chi connectivity index (χ0) is 24.1. The van der Waals surface area contributed by atoms with Crippen LogP contribution in [0.2, 0.25) is 0 Å². The number of amides is 1. The van der Waals surface area contributed by atoms with E-state index in [1.807, 2.05) is 4.57 Å². The number of ether oxygens (including phenoxy) is 1. The number of nitrogens with one attached hydrogen (secondary N) is 1. The van der Waals surface area contributed by atoms with E-state index in [0.717, 1.165) is 49.1 Å². The van der Waals surface area contributed by atoms with Crippen molar-refractivity contribution in [3.63, 3.8) is 0 Å². The summed E-state index contributed by atoms with van der Waals surface area (Å²) in [6.45, 7) is 6.44. The number of nitrogens with zero attached hydrogens (tertiary/aromatic N) is 3. The third-order valence-corrected chi connectivity index (χ3v) is 8.70. The summed E-state index contributed by atoms with van der Waals surface area (Å²) in [5, 5.41) is 14.9. The van der Waals surface area contributed by atoms with Crippen LogP contribution in [0.5, 0.6) is 0 Å². The van der Waals surface area contributed by atoms with Crippen molar-refractivity contribution in [1.82, 2.24) is 14.8 Å². The lowest BCUT2D eigenvalue weighted by Gasteiger charge is -2.11. The first-order chi connectivity index (χ1) is 16.5. The number of fused-ring (bicyclic) bond motifs is 1. The van der Waals surface area contributed by atoms with Crippen LogP contribution in [0.15, 0.2) is 29.3 Å². The molecule has 0 unspecified atom stereocenters. The molecule has 0 aliphatic heterocycles. The zero-order valence-electron chi connectivity index (χ0n) is 19.4. The van der Waals surface area contributed by atoms with E-state index in [2.05, 4.69) is 40.5 Å². The Hall–Kier alpha value is -2.43. The Bertz CT molecular complexity index is 1190. The molecule has 1 N–H and O–H groups in total. The maximum atomic E-state index is 12.9. The van der Waals surface area contributed by atoms with Crippen molar-refractivity contribution in [2.24, 2.45) is 0 Å². The molecule has 0 saturated carbocycles. The summed E-state index contributed by atoms with van der Waals surface area (Å²) in [6.07, 6.45) is 8.07. The second kappa shape index (κ2) is 11.3. The van der Waals surface area contributed by atoms with Crippen LogP contribution in [0.1, 0.15) is 51.4 Å². The van der Waals surface area contributed by atoms with Gasteiger partial charge in [-0.25, -0.2) is 4.79 Å². The molecule has 3 aromatic rings. The first-order valence-corrected chi connectivity index (χ1v) is 13.9. The molecule has 0 fully saturated rings. The first kappa shape index (κ1) is 24.7. The van der Waals surface area contributed by atoms with Crippen molar-refractivity contribution in [1.29, 1.82) is 0 Å². The minimum atomic E-state index is -0.387. The van der Waals surface area contributed by atoms with Gasteiger partial charge in [-0.1, -0.05) is 30.7 Å². The molecule has 0 atom stereocenters. The van der Waals surface area contributed by atoms with Gasteiger partial charge in [-0.15, -0.1) is 39.4 Å². The van der Waals surface area contributed by atoms with Crippen LogP contribution in [0.3, 0.4) is 0 Å². The van der Waals surface area contributed by atoms with E-state index in [9.17, 15) is 9.59 Å². The molecule has 34 heavy (non-hydrogen) atoms. The second-order valence-electron chi connectivity index (χ2n) is 8.10. The molecule has 0 bridgehead atoms. The summed E-state index contributed by atoms with van der Waals surface area (Å²) in [7, 11) is 1.38. The average molecular weight is 517 g/mol. The number of carbonyl (C=O) groups is 2. The lowest BCUT2D eigenvalue weighted by Crippen LogP contribution is -2.17. The SMILES string of the molecule is C=CCn1c(SCC(=O)Nc2sc3c(c2C(=O)OC)CCCCCC3)nnc1-c1csc(C)c1. The van der Waals surface area contributed by atoms with Gasteiger partial charge in [0.2, 0.25) is 5.91 Å². The van der Waals surface area contributed by atoms with Crippen LogP contribution in [0.25, 0.3) is 11.4 Å². The number of anilines is 1. The molecule has 0 radical (unpaired) electrons. The maximum absolute atomic E-state index is 12.9. The molecule has 7 nitrogen and oxygen atoms in total. The van der Waals surface area contributed by atoms with E-state index < -0.39 is 0 Å². The molecular formula is C24H28N4O3S3. The smallest absolute Gasteiger partial charge is 0.341 e. The van der Waals surface area contributed by atoms with Gasteiger partial charge in [0.25, 0.3) is 0 Å². The van der Waals surface area contributed by atoms with Gasteiger partial charge in [-0.3, -0.25) is 9.36 Å². The molecule has 1 aliphatic carbocycles. The van der Waals surface area contributed by atoms with Gasteiger partial charge in [0, 0.05) is 27.2 Å². The number of thiophene rings is 2. The monoisotopic (exact) mass is 516 g/mol. The number of allylic oxidation sites excluding steroid dienone is 1. The van der Waals surface area contributed by atoms with Gasteiger partial charge in [0.05, 0.1) is 18.4 Å². The molecule has 3 aromatic heterocycles. The number of hydrogen-bond acceptors (Lipinski definition) is 8. The molecule has 0 spiro atoms. The summed E-state index contributed by atoms with van der Waals surface area (Å²) in [4.78, 5) is 27.9. The van der Waals surface area contributed by atoms with Crippen LogP contribution in [-0.4, -0.2) is 39.5 Å². The highest BCUT2D eigenvalue weighted by atomic mass is 32.2. The fraction of sp³-hybridized carbons (Fsp3) is 0.417. The highest BCUT2D eigenvalue weighted by molar-refractivity contribution is 7.99. The van der Waals surface area contributed by atoms with E-state index in [0.29, 0.717) is 22.3 Å². The summed E-state index contributed by atoms with van der Waals surface area (Å²) < 4.78 is 7.02. The van der Waals surface area contributed by atoms with Crippen molar-refractivity contribution in [2.45, 2.75) is 57.1 Å². The van der Waals surface area contributed by atoms with Gasteiger partial charge in [0.15, 0.2) is 11.0 Å². The van der Waals surface area contributed by atoms with E-state index in [-0.39, 0.29) is 17.6 Å². The molecule has 4 rings (SSSR count). The number of hydrogen-bond donors (Lipinski definition) is 1. The standard InChI is InChI=1S/C24H28N4O3S3/c1-4-11-28-21(16-12-15(2)32-13-16)26-27-24(28)33-14-19(29)25-22-20(23(30)31-3)17-9-7-5-6-8-10-18(17)34-22/h4,12-13H,1,5-11,14H2,2-3H3,(H,25,29). The van der Waals surface area contributed by atoms with Gasteiger partial charge in [0.1, 0.15) is 5.00 Å². The van der Waals surface area contributed by atoms with E-state index in [1.165, 1.54) is 46.4 Å². The molecule has 0 saturated heterocycles. The van der Waals surface area contributed by atoms with Crippen LogP contribution < -0.4 is 5.32 Å². The zero-order valence-corrected chi connectivity index (χ0v) is 21.8. The maximum Gasteiger partial charge on any atom is 0.341 e. The first-order valence-electron chi connectivity index (χ1n) is 11.3. The summed E-state index contributed by atoms with van der Waals surface area (Å²) in [5.74, 6) is 0.340. The number of methoxy groups -OCH3 is 1. The fourth-order valence-corrected chi connectivity index (χ4v) is 6.80. The average Bonchev–Trinajstić information content (AvgIpc) is 3.49. The third kappa shape index (κ3) is 5.45. The number of esters is 1. The molecule has 1 amide bonds. The minimum absolute atomic E-state index is 0.154. The highest BCUT2D eigenvalue weighted by Gasteiger charge is 2.26. The largest absolute Gasteiger partial charge is 0.465 e. The number of thioether (sulfide) groups is 1. The summed E-state index contributed by atoms with van der Waals surface area (Å²) in [6, 6.07) is 2.08. The molecule has 1 aliphatic rings. The Morgan fingerprint density at radius 2 is 2.06 bits per heavy atom. The number of aromatic nitrogens is 3. The predicted octanol–water partition coefficient (Wildman–Crippen LogP) is 5.74. The Labute approximate surface area is 211 Å². The van der Waals surface area contributed by atoms with Crippen LogP contribution in [0.4, 0.5) is 5.00 Å². The summed E-state index contributed by atoms with van der Waals surface area (Å²) in [5.41, 5.74) is 2.57. The Kier molecular flexibility index (Phi) is 8.23. The van der Waals surface area contributed by atoms with Crippen molar-refractivity contribution < 1.29 is 14.3 Å². The highest BCUT2D eigenvalue weighted by Crippen LogP contribution is 2.38. The fourth-order valence-electron chi connectivity index (χ4n) is 4.08. The van der Waals surface area contributed by atoms with E-state index >= 15 is 0 Å². The lowest BCUT2D eigenvalue weighted by atomic mass is 9.96. The number of rotatable bonds is 8. The van der Waals surface area contributed by atoms with Crippen LogP contribution in [-0.2, 0) is 28.9 Å². The molecule has 0 aromatic carbocycles. The quantitative estimate of drug-likeness (QED) is 0.233. The van der Waals surface area contributed by atoms with E-state index in [4.69, 9.17) is 4.74 Å². The van der Waals surface area contributed by atoms with Crippen molar-refractivity contribution >= 4 is 51.3 Å². The van der Waals surface area contributed by atoms with Crippen molar-refractivity contribution in [3.05, 3.63) is 45.0 Å². The second-order valence-corrected chi connectivity index (χ2v) is 11.3. The molecular weight excluding hydrogens is 488 g/mol. The normalized spacial score (nSPS) is 13.6. The van der Waals surface area contributed by atoms with Gasteiger partial charge < -0.3 is 10.1 Å². The van der Waals surface area contributed by atoms with E-state index in [1.54, 1.807) is 17.4 Å². The Morgan fingerprint density at radius 1 is 1.26 bits per heavy atom. The predicted molar refractivity (Wildman–Crippen MR) is 139 cm³/mol. The molecule has 180 valence electrons. The molecule has 3 heterocycles. The summed E-state index contributed by atoms with van der Waals surface area (Å²) >= 11 is 4.49. The lowest BCUT2D eigenvalue weighted by molar-refractivity contribution is -0.113. The van der Waals surface area contributed by atoms with Crippen molar-refractivity contribution in [3.8, 4) is 11.4 Å².